The summed E-state index contributed by atoms with van der Waals surface area (Å²) in [6, 6.07) is 0. The molecule has 2 fully saturated rings. The highest BCUT2D eigenvalue weighted by molar-refractivity contribution is 5.77. The number of carbonyl (C=O) groups excluding carboxylic acids is 1. The molecule has 11 heavy (non-hydrogen) atoms. The van der Waals surface area contributed by atoms with Crippen molar-refractivity contribution in [3.63, 3.8) is 0 Å². The Morgan fingerprint density at radius 1 is 1.55 bits per heavy atom. The van der Waals surface area contributed by atoms with Crippen LogP contribution >= 0.6 is 0 Å². The first-order valence-electron chi connectivity index (χ1n) is 4.50. The molecule has 1 spiro atoms. The fraction of sp³-hybridized carbons (Fsp3) is 0.889. The summed E-state index contributed by atoms with van der Waals surface area (Å²) in [5.41, 5.74) is 0.508. The summed E-state index contributed by atoms with van der Waals surface area (Å²) in [6.07, 6.45) is 4.77. The first-order chi connectivity index (χ1) is 5.23. The smallest absolute Gasteiger partial charge is 0.220 e. The molecule has 0 aromatic carbocycles. The molecule has 1 aliphatic carbocycles. The number of hydrogen-bond donors (Lipinski definition) is 1. The number of carbonyl (C=O) groups is 1. The van der Waals surface area contributed by atoms with Crippen LogP contribution in [-0.2, 0) is 4.79 Å². The second-order valence-corrected chi connectivity index (χ2v) is 4.10. The zero-order valence-electron chi connectivity index (χ0n) is 7.02. The molecule has 1 aliphatic heterocycles. The highest BCUT2D eigenvalue weighted by atomic mass is 16.1. The average molecular weight is 153 g/mol. The standard InChI is InChI=1S/C9H15NO/c1-7-5-8(11)10-6-9(7)3-2-4-9/h7H,2-6H2,1H3,(H,10,11)/t7-/m0/s1. The average Bonchev–Trinajstić information content (AvgIpc) is 1.84. The summed E-state index contributed by atoms with van der Waals surface area (Å²) < 4.78 is 0. The van der Waals surface area contributed by atoms with Crippen LogP contribution in [0.4, 0.5) is 0 Å². The lowest BCUT2D eigenvalue weighted by Gasteiger charge is -2.49. The molecule has 1 amide bonds. The molecule has 62 valence electrons. The molecule has 2 rings (SSSR count). The van der Waals surface area contributed by atoms with Gasteiger partial charge in [0.25, 0.3) is 0 Å². The molecule has 0 aromatic rings. The SMILES string of the molecule is C[C@H]1CC(=O)NCC12CCC2. The van der Waals surface area contributed by atoms with E-state index < -0.39 is 0 Å². The second kappa shape index (κ2) is 2.23. The number of nitrogens with one attached hydrogen (secondary N) is 1. The van der Waals surface area contributed by atoms with E-state index in [-0.39, 0.29) is 5.91 Å². The van der Waals surface area contributed by atoms with E-state index in [2.05, 4.69) is 12.2 Å². The first kappa shape index (κ1) is 7.14. The Balaban J connectivity index is 2.06. The fourth-order valence-electron chi connectivity index (χ4n) is 2.32. The van der Waals surface area contributed by atoms with Gasteiger partial charge in [-0.25, -0.2) is 0 Å². The number of piperidine rings is 1. The lowest BCUT2D eigenvalue weighted by Crippen LogP contribution is -2.51. The minimum atomic E-state index is 0.245. The van der Waals surface area contributed by atoms with Gasteiger partial charge in [-0.1, -0.05) is 13.3 Å². The van der Waals surface area contributed by atoms with E-state index in [4.69, 9.17) is 0 Å². The van der Waals surface area contributed by atoms with Crippen molar-refractivity contribution in [1.82, 2.24) is 5.32 Å². The molecule has 0 aromatic heterocycles. The van der Waals surface area contributed by atoms with Crippen LogP contribution in [0.15, 0.2) is 0 Å². The maximum atomic E-state index is 11.0. The van der Waals surface area contributed by atoms with Gasteiger partial charge >= 0.3 is 0 Å². The van der Waals surface area contributed by atoms with Crippen molar-refractivity contribution in [2.75, 3.05) is 6.54 Å². The van der Waals surface area contributed by atoms with Crippen LogP contribution in [0.2, 0.25) is 0 Å². The maximum absolute atomic E-state index is 11.0. The van der Waals surface area contributed by atoms with Gasteiger partial charge in [0.2, 0.25) is 5.91 Å². The molecule has 1 saturated carbocycles. The van der Waals surface area contributed by atoms with Gasteiger partial charge in [0.15, 0.2) is 0 Å². The van der Waals surface area contributed by atoms with Crippen molar-refractivity contribution in [3.8, 4) is 0 Å². The van der Waals surface area contributed by atoms with E-state index in [0.717, 1.165) is 13.0 Å². The third-order valence-electron chi connectivity index (χ3n) is 3.52. The van der Waals surface area contributed by atoms with Crippen molar-refractivity contribution in [1.29, 1.82) is 0 Å². The number of amides is 1. The van der Waals surface area contributed by atoms with Gasteiger partial charge in [-0.15, -0.1) is 0 Å². The van der Waals surface area contributed by atoms with E-state index in [9.17, 15) is 4.79 Å². The van der Waals surface area contributed by atoms with Crippen molar-refractivity contribution in [2.24, 2.45) is 11.3 Å². The van der Waals surface area contributed by atoms with E-state index in [1.54, 1.807) is 0 Å². The minimum Gasteiger partial charge on any atom is -0.356 e. The second-order valence-electron chi connectivity index (χ2n) is 4.10. The zero-order chi connectivity index (χ0) is 7.90. The highest BCUT2D eigenvalue weighted by Gasteiger charge is 2.44. The van der Waals surface area contributed by atoms with Crippen molar-refractivity contribution < 1.29 is 4.79 Å². The molecular formula is C9H15NO. The Labute approximate surface area is 67.4 Å². The first-order valence-corrected chi connectivity index (χ1v) is 4.50. The van der Waals surface area contributed by atoms with Crippen molar-refractivity contribution in [3.05, 3.63) is 0 Å². The molecule has 2 nitrogen and oxygen atoms in total. The summed E-state index contributed by atoms with van der Waals surface area (Å²) >= 11 is 0. The Morgan fingerprint density at radius 2 is 2.27 bits per heavy atom. The van der Waals surface area contributed by atoms with Crippen LogP contribution < -0.4 is 5.32 Å². The summed E-state index contributed by atoms with van der Waals surface area (Å²) in [7, 11) is 0. The van der Waals surface area contributed by atoms with Gasteiger partial charge in [-0.2, -0.15) is 0 Å². The molecule has 1 heterocycles. The minimum absolute atomic E-state index is 0.245. The molecule has 0 bridgehead atoms. The molecule has 0 radical (unpaired) electrons. The van der Waals surface area contributed by atoms with E-state index in [0.29, 0.717) is 11.3 Å². The fourth-order valence-corrected chi connectivity index (χ4v) is 2.32. The predicted molar refractivity (Wildman–Crippen MR) is 43.1 cm³/mol. The van der Waals surface area contributed by atoms with Crippen molar-refractivity contribution >= 4 is 5.91 Å². The Hall–Kier alpha value is -0.530. The maximum Gasteiger partial charge on any atom is 0.220 e. The predicted octanol–water partition coefficient (Wildman–Crippen LogP) is 1.31. The van der Waals surface area contributed by atoms with Gasteiger partial charge in [-0.3, -0.25) is 4.79 Å². The quantitative estimate of drug-likeness (QED) is 0.558. The van der Waals surface area contributed by atoms with Gasteiger partial charge in [0, 0.05) is 13.0 Å². The normalized spacial score (nSPS) is 34.6. The topological polar surface area (TPSA) is 29.1 Å². The molecule has 0 unspecified atom stereocenters. The Bertz CT molecular complexity index is 184. The van der Waals surface area contributed by atoms with Crippen LogP contribution in [0.25, 0.3) is 0 Å². The summed E-state index contributed by atoms with van der Waals surface area (Å²) in [6.45, 7) is 3.16. The largest absolute Gasteiger partial charge is 0.356 e. The summed E-state index contributed by atoms with van der Waals surface area (Å²) in [4.78, 5) is 11.0. The third-order valence-corrected chi connectivity index (χ3v) is 3.52. The lowest BCUT2D eigenvalue weighted by molar-refractivity contribution is -0.129. The molecule has 2 heteroatoms. The van der Waals surface area contributed by atoms with Crippen LogP contribution in [0.5, 0.6) is 0 Å². The summed E-state index contributed by atoms with van der Waals surface area (Å²) in [5, 5.41) is 2.97. The molecular weight excluding hydrogens is 138 g/mol. The van der Waals surface area contributed by atoms with Crippen LogP contribution in [0.3, 0.4) is 0 Å². The van der Waals surface area contributed by atoms with Crippen LogP contribution in [-0.4, -0.2) is 12.5 Å². The lowest BCUT2D eigenvalue weighted by atomic mass is 9.59. The van der Waals surface area contributed by atoms with Crippen LogP contribution in [0.1, 0.15) is 32.6 Å². The monoisotopic (exact) mass is 153 g/mol. The highest BCUT2D eigenvalue weighted by Crippen LogP contribution is 2.49. The summed E-state index contributed by atoms with van der Waals surface area (Å²) in [5.74, 6) is 0.861. The molecule has 1 atom stereocenters. The van der Waals surface area contributed by atoms with Crippen LogP contribution in [0, 0.1) is 11.3 Å². The number of rotatable bonds is 0. The molecule has 1 saturated heterocycles. The number of hydrogen-bond acceptors (Lipinski definition) is 1. The molecule has 2 aliphatic rings. The zero-order valence-corrected chi connectivity index (χ0v) is 7.02. The van der Waals surface area contributed by atoms with Gasteiger partial charge in [0.1, 0.15) is 0 Å². The van der Waals surface area contributed by atoms with Gasteiger partial charge in [0.05, 0.1) is 0 Å². The van der Waals surface area contributed by atoms with E-state index in [1.807, 2.05) is 0 Å². The molecule has 1 N–H and O–H groups in total. The third kappa shape index (κ3) is 0.959. The Kier molecular flexibility index (Phi) is 1.44. The Morgan fingerprint density at radius 3 is 2.73 bits per heavy atom. The van der Waals surface area contributed by atoms with E-state index >= 15 is 0 Å². The van der Waals surface area contributed by atoms with Gasteiger partial charge in [-0.05, 0) is 24.2 Å². The van der Waals surface area contributed by atoms with E-state index in [1.165, 1.54) is 19.3 Å². The van der Waals surface area contributed by atoms with Crippen molar-refractivity contribution in [2.45, 2.75) is 32.6 Å². The van der Waals surface area contributed by atoms with Gasteiger partial charge < -0.3 is 5.32 Å².